The van der Waals surface area contributed by atoms with Crippen LogP contribution in [0.3, 0.4) is 0 Å². The minimum atomic E-state index is -0.189. The number of rotatable bonds is 8. The van der Waals surface area contributed by atoms with Gasteiger partial charge in [0.1, 0.15) is 0 Å². The van der Waals surface area contributed by atoms with E-state index in [0.29, 0.717) is 5.92 Å². The molecule has 0 bridgehead atoms. The second-order valence-electron chi connectivity index (χ2n) is 5.21. The smallest absolute Gasteiger partial charge is 0.244 e. The molecule has 0 radical (unpaired) electrons. The second kappa shape index (κ2) is 8.32. The highest BCUT2D eigenvalue weighted by Gasteiger charge is 2.22. The summed E-state index contributed by atoms with van der Waals surface area (Å²) in [5.74, 6) is 0.272. The summed E-state index contributed by atoms with van der Waals surface area (Å²) < 4.78 is 0. The first kappa shape index (κ1) is 14.3. The first-order valence-corrected chi connectivity index (χ1v) is 7.25. The fourth-order valence-corrected chi connectivity index (χ4v) is 2.71. The van der Waals surface area contributed by atoms with Gasteiger partial charge in [0.05, 0.1) is 0 Å². The molecule has 0 unspecified atom stereocenters. The molecule has 0 atom stereocenters. The quantitative estimate of drug-likeness (QED) is 0.504. The molecular formula is C15H27NO. The highest BCUT2D eigenvalue weighted by Crippen LogP contribution is 2.31. The molecule has 0 saturated heterocycles. The van der Waals surface area contributed by atoms with Crippen molar-refractivity contribution in [3.05, 3.63) is 11.6 Å². The summed E-state index contributed by atoms with van der Waals surface area (Å²) in [6.45, 7) is 2.23. The molecule has 0 aromatic heterocycles. The van der Waals surface area contributed by atoms with Gasteiger partial charge in [-0.15, -0.1) is 0 Å². The Balaban J connectivity index is 2.29. The van der Waals surface area contributed by atoms with E-state index in [4.69, 9.17) is 5.73 Å². The van der Waals surface area contributed by atoms with Crippen molar-refractivity contribution < 1.29 is 4.79 Å². The van der Waals surface area contributed by atoms with Crippen molar-refractivity contribution in [2.45, 2.75) is 71.1 Å². The maximum Gasteiger partial charge on any atom is 0.244 e. The van der Waals surface area contributed by atoms with Crippen molar-refractivity contribution in [2.75, 3.05) is 0 Å². The van der Waals surface area contributed by atoms with Gasteiger partial charge in [0.25, 0.3) is 0 Å². The number of primary amides is 1. The third kappa shape index (κ3) is 5.38. The summed E-state index contributed by atoms with van der Waals surface area (Å²) in [4.78, 5) is 11.4. The number of hydrogen-bond donors (Lipinski definition) is 1. The average Bonchev–Trinajstić information content (AvgIpc) is 2.81. The monoisotopic (exact) mass is 237 g/mol. The maximum absolute atomic E-state index is 11.4. The number of carbonyl (C=O) groups excluding carboxylic acids is 1. The van der Waals surface area contributed by atoms with Crippen LogP contribution in [0, 0.1) is 5.92 Å². The normalized spacial score (nSPS) is 17.6. The van der Waals surface area contributed by atoms with Gasteiger partial charge in [0.15, 0.2) is 0 Å². The Bertz CT molecular complexity index is 252. The Labute approximate surface area is 106 Å². The van der Waals surface area contributed by atoms with E-state index in [1.807, 2.05) is 0 Å². The Hall–Kier alpha value is -0.790. The Morgan fingerprint density at radius 2 is 1.82 bits per heavy atom. The van der Waals surface area contributed by atoms with E-state index in [0.717, 1.165) is 24.8 Å². The van der Waals surface area contributed by atoms with Gasteiger partial charge in [-0.1, -0.05) is 51.5 Å². The van der Waals surface area contributed by atoms with Gasteiger partial charge in [-0.05, 0) is 31.6 Å². The number of nitrogens with two attached hydrogens (primary N) is 1. The number of allylic oxidation sites excluding steroid dienone is 1. The van der Waals surface area contributed by atoms with Gasteiger partial charge >= 0.3 is 0 Å². The third-order valence-electron chi connectivity index (χ3n) is 3.75. The molecule has 98 valence electrons. The zero-order valence-corrected chi connectivity index (χ0v) is 11.2. The van der Waals surface area contributed by atoms with Crippen LogP contribution >= 0.6 is 0 Å². The summed E-state index contributed by atoms with van der Waals surface area (Å²) in [6, 6.07) is 0. The zero-order valence-electron chi connectivity index (χ0n) is 11.2. The van der Waals surface area contributed by atoms with Crippen LogP contribution in [-0.2, 0) is 4.79 Å². The molecule has 1 amide bonds. The highest BCUT2D eigenvalue weighted by molar-refractivity contribution is 5.92. The van der Waals surface area contributed by atoms with Crippen LogP contribution in [0.1, 0.15) is 71.1 Å². The zero-order chi connectivity index (χ0) is 12.5. The van der Waals surface area contributed by atoms with Crippen molar-refractivity contribution in [2.24, 2.45) is 11.7 Å². The van der Waals surface area contributed by atoms with Crippen LogP contribution in [0.2, 0.25) is 0 Å². The van der Waals surface area contributed by atoms with Crippen molar-refractivity contribution in [1.29, 1.82) is 0 Å². The van der Waals surface area contributed by atoms with E-state index >= 15 is 0 Å². The van der Waals surface area contributed by atoms with Gasteiger partial charge in [-0.25, -0.2) is 0 Å². The molecule has 2 N–H and O–H groups in total. The Kier molecular flexibility index (Phi) is 6.99. The molecule has 0 heterocycles. The SMILES string of the molecule is CCCCCCC/C=C(/C(N)=O)C1CCCC1. The fourth-order valence-electron chi connectivity index (χ4n) is 2.71. The Morgan fingerprint density at radius 1 is 1.18 bits per heavy atom. The lowest BCUT2D eigenvalue weighted by molar-refractivity contribution is -0.115. The third-order valence-corrected chi connectivity index (χ3v) is 3.75. The lowest BCUT2D eigenvalue weighted by Crippen LogP contribution is -2.19. The summed E-state index contributed by atoms with van der Waals surface area (Å²) in [5.41, 5.74) is 6.39. The summed E-state index contributed by atoms with van der Waals surface area (Å²) >= 11 is 0. The first-order valence-electron chi connectivity index (χ1n) is 7.25. The minimum absolute atomic E-state index is 0.189. The predicted octanol–water partition coefficient (Wildman–Crippen LogP) is 3.95. The standard InChI is InChI=1S/C15H27NO/c1-2-3-4-5-6-7-12-14(15(16)17)13-10-8-9-11-13/h12-13H,2-11H2,1H3,(H2,16,17)/b14-12+. The predicted molar refractivity (Wildman–Crippen MR) is 72.6 cm³/mol. The lowest BCUT2D eigenvalue weighted by atomic mass is 9.95. The van der Waals surface area contributed by atoms with E-state index in [2.05, 4.69) is 13.0 Å². The molecule has 1 aliphatic rings. The van der Waals surface area contributed by atoms with Crippen LogP contribution in [0.4, 0.5) is 0 Å². The van der Waals surface area contributed by atoms with Gasteiger partial charge in [0, 0.05) is 5.57 Å². The van der Waals surface area contributed by atoms with Crippen LogP contribution in [0.15, 0.2) is 11.6 Å². The molecule has 1 aliphatic carbocycles. The summed E-state index contributed by atoms with van der Waals surface area (Å²) in [5, 5.41) is 0. The van der Waals surface area contributed by atoms with Gasteiger partial charge < -0.3 is 5.73 Å². The molecule has 2 nitrogen and oxygen atoms in total. The lowest BCUT2D eigenvalue weighted by Gasteiger charge is -2.11. The number of hydrogen-bond acceptors (Lipinski definition) is 1. The molecule has 0 aliphatic heterocycles. The average molecular weight is 237 g/mol. The van der Waals surface area contributed by atoms with Crippen LogP contribution in [-0.4, -0.2) is 5.91 Å². The number of carbonyl (C=O) groups is 1. The van der Waals surface area contributed by atoms with Crippen molar-refractivity contribution in [1.82, 2.24) is 0 Å². The largest absolute Gasteiger partial charge is 0.366 e. The van der Waals surface area contributed by atoms with Gasteiger partial charge in [-0.2, -0.15) is 0 Å². The van der Waals surface area contributed by atoms with Gasteiger partial charge in [-0.3, -0.25) is 4.79 Å². The molecule has 2 heteroatoms. The highest BCUT2D eigenvalue weighted by atomic mass is 16.1. The molecule has 1 rings (SSSR count). The molecule has 0 spiro atoms. The molecule has 1 fully saturated rings. The Morgan fingerprint density at radius 3 is 2.41 bits per heavy atom. The summed E-state index contributed by atoms with van der Waals surface area (Å²) in [6.07, 6.45) is 14.4. The minimum Gasteiger partial charge on any atom is -0.366 e. The fraction of sp³-hybridized carbons (Fsp3) is 0.800. The van der Waals surface area contributed by atoms with Crippen LogP contribution < -0.4 is 5.73 Å². The second-order valence-corrected chi connectivity index (χ2v) is 5.21. The van der Waals surface area contributed by atoms with E-state index in [-0.39, 0.29) is 5.91 Å². The van der Waals surface area contributed by atoms with Crippen LogP contribution in [0.25, 0.3) is 0 Å². The van der Waals surface area contributed by atoms with E-state index in [1.165, 1.54) is 44.9 Å². The van der Waals surface area contributed by atoms with Crippen LogP contribution in [0.5, 0.6) is 0 Å². The first-order chi connectivity index (χ1) is 8.25. The van der Waals surface area contributed by atoms with Gasteiger partial charge in [0.2, 0.25) is 5.91 Å². The molecule has 1 saturated carbocycles. The molecular weight excluding hydrogens is 210 g/mol. The topological polar surface area (TPSA) is 43.1 Å². The van der Waals surface area contributed by atoms with Crippen molar-refractivity contribution in [3.8, 4) is 0 Å². The van der Waals surface area contributed by atoms with Crippen molar-refractivity contribution in [3.63, 3.8) is 0 Å². The molecule has 0 aromatic carbocycles. The van der Waals surface area contributed by atoms with E-state index < -0.39 is 0 Å². The molecule has 17 heavy (non-hydrogen) atoms. The van der Waals surface area contributed by atoms with E-state index in [1.54, 1.807) is 0 Å². The molecule has 0 aromatic rings. The number of unbranched alkanes of at least 4 members (excludes halogenated alkanes) is 5. The number of amides is 1. The van der Waals surface area contributed by atoms with Crippen molar-refractivity contribution >= 4 is 5.91 Å². The maximum atomic E-state index is 11.4. The summed E-state index contributed by atoms with van der Waals surface area (Å²) in [7, 11) is 0. The van der Waals surface area contributed by atoms with E-state index in [9.17, 15) is 4.79 Å².